The van der Waals surface area contributed by atoms with Gasteiger partial charge in [0.15, 0.2) is 0 Å². The topological polar surface area (TPSA) is 26.3 Å². The van der Waals surface area contributed by atoms with Crippen LogP contribution in [0.3, 0.4) is 0 Å². The maximum absolute atomic E-state index is 10.0. The van der Waals surface area contributed by atoms with Crippen LogP contribution in [0.15, 0.2) is 12.8 Å². The Bertz CT molecular complexity index is 88.6. The number of rotatable bonds is 2. The molecule has 0 fully saturated rings. The Labute approximate surface area is 77.5 Å². The van der Waals surface area contributed by atoms with Gasteiger partial charge < -0.3 is 6.16 Å². The Kier molecular flexibility index (Phi) is 10.7. The summed E-state index contributed by atoms with van der Waals surface area (Å²) in [6, 6.07) is 0. The summed E-state index contributed by atoms with van der Waals surface area (Å²) in [5.41, 5.74) is 0. The molecule has 2 nitrogen and oxygen atoms in total. The molecule has 0 aromatic rings. The zero-order valence-corrected chi connectivity index (χ0v) is 7.65. The Balaban J connectivity index is -0.000000180. The van der Waals surface area contributed by atoms with Gasteiger partial charge in [0.1, 0.15) is 0 Å². The van der Waals surface area contributed by atoms with Crippen LogP contribution in [0.2, 0.25) is 0 Å². The van der Waals surface area contributed by atoms with Crippen LogP contribution in [0.25, 0.3) is 0 Å². The van der Waals surface area contributed by atoms with Crippen molar-refractivity contribution >= 4 is 18.6 Å². The van der Waals surface area contributed by atoms with Crippen molar-refractivity contribution in [2.45, 2.75) is 0 Å². The van der Waals surface area contributed by atoms with Crippen LogP contribution in [0.1, 0.15) is 1.43 Å². The van der Waals surface area contributed by atoms with Gasteiger partial charge in [0.25, 0.3) is 0 Å². The third-order valence-electron chi connectivity index (χ3n) is 0.344. The molecule has 0 unspecified atom stereocenters. The molecule has 0 saturated heterocycles. The summed E-state index contributed by atoms with van der Waals surface area (Å²) in [5.74, 6) is -0.273. The van der Waals surface area contributed by atoms with Crippen molar-refractivity contribution in [1.29, 1.82) is 0 Å². The van der Waals surface area contributed by atoms with E-state index in [1.165, 1.54) is 0 Å². The van der Waals surface area contributed by atoms with Crippen LogP contribution in [0.4, 0.5) is 0 Å². The molecule has 0 N–H and O–H groups in total. The maximum atomic E-state index is 10.0. The van der Waals surface area contributed by atoms with E-state index >= 15 is 0 Å². The minimum atomic E-state index is -0.377. The molecule has 0 aliphatic heterocycles. The summed E-state index contributed by atoms with van der Waals surface area (Å²) >= 11 is 3.63. The molecule has 0 bridgehead atoms. The standard InChI is InChI=1S/C4H6O2S.Na.H/c1-2-6-4(5)3-7;;/h2,7H,1,3H2;;/q;+1;-1. The molecule has 0 heterocycles. The quantitative estimate of drug-likeness (QED) is 0.203. The molecular weight excluding hydrogens is 135 g/mol. The number of esters is 1. The Morgan fingerprint density at radius 3 is 2.62 bits per heavy atom. The van der Waals surface area contributed by atoms with Gasteiger partial charge in [-0.1, -0.05) is 6.58 Å². The van der Waals surface area contributed by atoms with E-state index in [2.05, 4.69) is 23.9 Å². The first kappa shape index (κ1) is 11.4. The molecule has 0 spiro atoms. The summed E-state index contributed by atoms with van der Waals surface area (Å²) in [7, 11) is 0. The molecule has 0 amide bonds. The van der Waals surface area contributed by atoms with E-state index in [1.54, 1.807) is 0 Å². The summed E-state index contributed by atoms with van der Waals surface area (Å²) in [4.78, 5) is 10.0. The average Bonchev–Trinajstić information content (AvgIpc) is 1.68. The first-order valence-corrected chi connectivity index (χ1v) is 2.35. The molecule has 0 aromatic heterocycles. The molecule has 0 atom stereocenters. The average molecular weight is 142 g/mol. The summed E-state index contributed by atoms with van der Waals surface area (Å²) in [5, 5.41) is 0. The van der Waals surface area contributed by atoms with Gasteiger partial charge in [-0.25, -0.2) is 0 Å². The van der Waals surface area contributed by atoms with E-state index in [0.29, 0.717) is 0 Å². The Morgan fingerprint density at radius 2 is 2.50 bits per heavy atom. The summed E-state index contributed by atoms with van der Waals surface area (Å²) < 4.78 is 4.24. The smallest absolute Gasteiger partial charge is 1.00 e. The van der Waals surface area contributed by atoms with Crippen molar-refractivity contribution in [3.63, 3.8) is 0 Å². The first-order valence-electron chi connectivity index (χ1n) is 1.72. The van der Waals surface area contributed by atoms with Crippen LogP contribution in [-0.2, 0) is 9.53 Å². The SMILES string of the molecule is C=COC(=O)CS.[H-].[Na+]. The second-order valence-electron chi connectivity index (χ2n) is 0.815. The first-order chi connectivity index (χ1) is 3.31. The molecule has 0 saturated carbocycles. The van der Waals surface area contributed by atoms with Crippen molar-refractivity contribution in [3.8, 4) is 0 Å². The number of carbonyl (C=O) groups excluding carboxylic acids is 1. The van der Waals surface area contributed by atoms with E-state index < -0.39 is 0 Å². The number of carbonyl (C=O) groups is 1. The third-order valence-corrected chi connectivity index (χ3v) is 0.602. The van der Waals surface area contributed by atoms with Gasteiger partial charge in [-0.2, -0.15) is 12.6 Å². The van der Waals surface area contributed by atoms with E-state index in [4.69, 9.17) is 0 Å². The summed E-state index contributed by atoms with van der Waals surface area (Å²) in [6.45, 7) is 3.17. The second-order valence-corrected chi connectivity index (χ2v) is 1.13. The van der Waals surface area contributed by atoms with E-state index in [9.17, 15) is 4.79 Å². The van der Waals surface area contributed by atoms with Gasteiger partial charge in [0.2, 0.25) is 0 Å². The fraction of sp³-hybridized carbons (Fsp3) is 0.250. The van der Waals surface area contributed by atoms with Gasteiger partial charge in [-0.3, -0.25) is 4.79 Å². The molecule has 4 heteroatoms. The van der Waals surface area contributed by atoms with E-state index in [-0.39, 0.29) is 42.7 Å². The molecule has 0 aliphatic carbocycles. The number of hydrogen-bond donors (Lipinski definition) is 1. The van der Waals surface area contributed by atoms with Crippen molar-refractivity contribution in [3.05, 3.63) is 12.8 Å². The molecule has 0 radical (unpaired) electrons. The van der Waals surface area contributed by atoms with Gasteiger partial charge in [0, 0.05) is 0 Å². The van der Waals surface area contributed by atoms with Gasteiger partial charge >= 0.3 is 35.5 Å². The van der Waals surface area contributed by atoms with Crippen molar-refractivity contribution in [2.75, 3.05) is 5.75 Å². The number of hydrogen-bond acceptors (Lipinski definition) is 3. The zero-order valence-electron chi connectivity index (χ0n) is 5.76. The van der Waals surface area contributed by atoms with Gasteiger partial charge in [0.05, 0.1) is 12.0 Å². The molecular formula is C4H7NaO2S. The Hall–Kier alpha value is 0.560. The maximum Gasteiger partial charge on any atom is 1.00 e. The molecule has 42 valence electrons. The molecule has 0 rings (SSSR count). The van der Waals surface area contributed by atoms with Crippen molar-refractivity contribution < 1.29 is 40.5 Å². The Morgan fingerprint density at radius 1 is 2.00 bits per heavy atom. The van der Waals surface area contributed by atoms with Crippen molar-refractivity contribution in [2.24, 2.45) is 0 Å². The van der Waals surface area contributed by atoms with Gasteiger partial charge in [-0.15, -0.1) is 0 Å². The molecule has 8 heavy (non-hydrogen) atoms. The monoisotopic (exact) mass is 142 g/mol. The van der Waals surface area contributed by atoms with Crippen LogP contribution in [0.5, 0.6) is 0 Å². The predicted octanol–water partition coefficient (Wildman–Crippen LogP) is -2.28. The molecule has 0 aromatic carbocycles. The fourth-order valence-electron chi connectivity index (χ4n) is 0.130. The van der Waals surface area contributed by atoms with E-state index in [0.717, 1.165) is 6.26 Å². The van der Waals surface area contributed by atoms with E-state index in [1.807, 2.05) is 0 Å². The minimum Gasteiger partial charge on any atom is -1.00 e. The van der Waals surface area contributed by atoms with Crippen LogP contribution >= 0.6 is 12.6 Å². The predicted molar refractivity (Wildman–Crippen MR) is 31.3 cm³/mol. The minimum absolute atomic E-state index is 0. The van der Waals surface area contributed by atoms with Crippen LogP contribution in [-0.4, -0.2) is 11.7 Å². The third kappa shape index (κ3) is 6.56. The van der Waals surface area contributed by atoms with Crippen molar-refractivity contribution in [1.82, 2.24) is 0 Å². The van der Waals surface area contributed by atoms with Crippen LogP contribution in [0, 0.1) is 0 Å². The van der Waals surface area contributed by atoms with Crippen LogP contribution < -0.4 is 29.6 Å². The summed E-state index contributed by atoms with van der Waals surface area (Å²) in [6.07, 6.45) is 1.08. The normalized spacial score (nSPS) is 6.62. The van der Waals surface area contributed by atoms with Gasteiger partial charge in [-0.05, 0) is 0 Å². The number of thiol groups is 1. The molecule has 0 aliphatic rings. The second kappa shape index (κ2) is 7.56. The fourth-order valence-corrected chi connectivity index (χ4v) is 0.205. The zero-order chi connectivity index (χ0) is 5.70. The number of ether oxygens (including phenoxy) is 1. The largest absolute Gasteiger partial charge is 1.00 e.